The third-order valence-corrected chi connectivity index (χ3v) is 3.44. The lowest BCUT2D eigenvalue weighted by Crippen LogP contribution is -1.84. The molecule has 21 heavy (non-hydrogen) atoms. The van der Waals surface area contributed by atoms with E-state index < -0.39 is 0 Å². The van der Waals surface area contributed by atoms with Crippen LogP contribution in [-0.4, -0.2) is 0 Å². The van der Waals surface area contributed by atoms with E-state index in [1.165, 1.54) is 63.4 Å². The fourth-order valence-electron chi connectivity index (χ4n) is 2.13. The van der Waals surface area contributed by atoms with Gasteiger partial charge >= 0.3 is 0 Å². The smallest absolute Gasteiger partial charge is 0.0317 e. The summed E-state index contributed by atoms with van der Waals surface area (Å²) in [5.41, 5.74) is 3.08. The maximum atomic E-state index is 3.74. The second kappa shape index (κ2) is 19.0. The Hall–Kier alpha value is -1.04. The molecule has 0 unspecified atom stereocenters. The Morgan fingerprint density at radius 1 is 0.667 bits per heavy atom. The van der Waals surface area contributed by atoms with Gasteiger partial charge in [-0.05, 0) is 38.5 Å². The van der Waals surface area contributed by atoms with Crippen molar-refractivity contribution in [3.8, 4) is 0 Å². The van der Waals surface area contributed by atoms with E-state index in [4.69, 9.17) is 0 Å². The van der Waals surface area contributed by atoms with Crippen LogP contribution in [0.1, 0.15) is 85.5 Å². The van der Waals surface area contributed by atoms with Crippen molar-refractivity contribution in [2.45, 2.75) is 85.5 Å². The van der Waals surface area contributed by atoms with Gasteiger partial charge in [0.25, 0.3) is 0 Å². The van der Waals surface area contributed by atoms with Crippen LogP contribution in [0.4, 0.5) is 0 Å². The summed E-state index contributed by atoms with van der Waals surface area (Å²) in [6.07, 6.45) is 19.5. The maximum absolute atomic E-state index is 3.74. The zero-order chi connectivity index (χ0) is 16.3. The lowest BCUT2D eigenvalue weighted by atomic mass is 10.0. The van der Waals surface area contributed by atoms with Gasteiger partial charge in [-0.1, -0.05) is 95.6 Å². The van der Waals surface area contributed by atoms with Crippen LogP contribution in [0, 0.1) is 0 Å². The molecule has 0 aliphatic rings. The molecule has 0 heteroatoms. The average Bonchev–Trinajstić information content (AvgIpc) is 2.50. The monoisotopic (exact) mass is 290 g/mol. The van der Waals surface area contributed by atoms with E-state index in [9.17, 15) is 0 Å². The largest absolute Gasteiger partial charge is 0.0991 e. The van der Waals surface area contributed by atoms with Crippen molar-refractivity contribution in [1.82, 2.24) is 0 Å². The summed E-state index contributed by atoms with van der Waals surface area (Å²) in [6, 6.07) is 0. The van der Waals surface area contributed by atoms with Gasteiger partial charge in [-0.25, -0.2) is 0 Å². The molecule has 0 spiro atoms. The quantitative estimate of drug-likeness (QED) is 0.341. The minimum atomic E-state index is 1.17. The molecule has 0 N–H and O–H groups in total. The minimum absolute atomic E-state index is 1.17. The molecule has 0 aromatic rings. The Morgan fingerprint density at radius 2 is 1.14 bits per heavy atom. The van der Waals surface area contributed by atoms with Gasteiger partial charge < -0.3 is 0 Å². The van der Waals surface area contributed by atoms with Gasteiger partial charge in [0, 0.05) is 0 Å². The number of hydrogen-bond donors (Lipinski definition) is 0. The summed E-state index contributed by atoms with van der Waals surface area (Å²) < 4.78 is 0. The van der Waals surface area contributed by atoms with Crippen LogP contribution >= 0.6 is 0 Å². The topological polar surface area (TPSA) is 0 Å². The molecule has 0 fully saturated rings. The van der Waals surface area contributed by atoms with E-state index in [2.05, 4.69) is 53.0 Å². The molecular formula is C21H38. The highest BCUT2D eigenvalue weighted by Gasteiger charge is 1.94. The Morgan fingerprint density at radius 3 is 1.48 bits per heavy atom. The SMILES string of the molecule is C=CC=C(CC)CCC.C=CC=C(CCCC)CCCC. The summed E-state index contributed by atoms with van der Waals surface area (Å²) >= 11 is 0. The Balaban J connectivity index is 0. The second-order valence-electron chi connectivity index (χ2n) is 5.43. The third kappa shape index (κ3) is 16.9. The number of unbranched alkanes of at least 4 members (excludes halogenated alkanes) is 2. The van der Waals surface area contributed by atoms with Crippen molar-refractivity contribution >= 4 is 0 Å². The molecule has 0 nitrogen and oxygen atoms in total. The highest BCUT2D eigenvalue weighted by molar-refractivity contribution is 5.10. The van der Waals surface area contributed by atoms with Crippen molar-refractivity contribution in [3.63, 3.8) is 0 Å². The van der Waals surface area contributed by atoms with E-state index in [1.54, 1.807) is 5.57 Å². The molecule has 0 aliphatic carbocycles. The zero-order valence-electron chi connectivity index (χ0n) is 15.1. The van der Waals surface area contributed by atoms with Gasteiger partial charge in [0.15, 0.2) is 0 Å². The summed E-state index contributed by atoms with van der Waals surface area (Å²) in [4.78, 5) is 0. The summed E-state index contributed by atoms with van der Waals surface area (Å²) in [7, 11) is 0. The molecule has 122 valence electrons. The molecule has 0 atom stereocenters. The zero-order valence-corrected chi connectivity index (χ0v) is 15.1. The first kappa shape index (κ1) is 22.2. The van der Waals surface area contributed by atoms with Crippen molar-refractivity contribution in [1.29, 1.82) is 0 Å². The van der Waals surface area contributed by atoms with E-state index in [-0.39, 0.29) is 0 Å². The van der Waals surface area contributed by atoms with Gasteiger partial charge in [-0.15, -0.1) is 0 Å². The predicted molar refractivity (Wildman–Crippen MR) is 101 cm³/mol. The van der Waals surface area contributed by atoms with E-state index in [1.807, 2.05) is 12.2 Å². The fraction of sp³-hybridized carbons (Fsp3) is 0.619. The maximum Gasteiger partial charge on any atom is -0.0317 e. The first-order valence-electron chi connectivity index (χ1n) is 8.80. The predicted octanol–water partition coefficient (Wildman–Crippen LogP) is 7.79. The van der Waals surface area contributed by atoms with Crippen LogP contribution in [0.5, 0.6) is 0 Å². The van der Waals surface area contributed by atoms with Gasteiger partial charge in [-0.3, -0.25) is 0 Å². The van der Waals surface area contributed by atoms with Gasteiger partial charge in [0.1, 0.15) is 0 Å². The van der Waals surface area contributed by atoms with E-state index in [0.29, 0.717) is 0 Å². The molecule has 0 saturated heterocycles. The van der Waals surface area contributed by atoms with Crippen LogP contribution in [-0.2, 0) is 0 Å². The molecular weight excluding hydrogens is 252 g/mol. The molecule has 0 heterocycles. The molecule has 0 aliphatic heterocycles. The lowest BCUT2D eigenvalue weighted by Gasteiger charge is -2.04. The molecule has 0 bridgehead atoms. The van der Waals surface area contributed by atoms with Crippen LogP contribution in [0.3, 0.4) is 0 Å². The highest BCUT2D eigenvalue weighted by Crippen LogP contribution is 2.14. The standard InChI is InChI=1S/C12H22.C9H16/c1-4-7-10-12(9-6-3)11-8-5-2;1-4-7-9(6-3)8-5-2/h6,9H,3-5,7-8,10-11H2,1-2H3;4,7H,1,5-6,8H2,2-3H3. The number of allylic oxidation sites excluding steroid dienone is 6. The molecule has 0 rings (SSSR count). The van der Waals surface area contributed by atoms with Gasteiger partial charge in [-0.2, -0.15) is 0 Å². The van der Waals surface area contributed by atoms with Crippen LogP contribution < -0.4 is 0 Å². The van der Waals surface area contributed by atoms with Crippen LogP contribution in [0.2, 0.25) is 0 Å². The Bertz CT molecular complexity index is 281. The second-order valence-corrected chi connectivity index (χ2v) is 5.43. The molecule has 0 radical (unpaired) electrons. The van der Waals surface area contributed by atoms with Crippen molar-refractivity contribution < 1.29 is 0 Å². The summed E-state index contributed by atoms with van der Waals surface area (Å²) in [5, 5.41) is 0. The van der Waals surface area contributed by atoms with Crippen molar-refractivity contribution in [2.24, 2.45) is 0 Å². The molecule has 0 aromatic heterocycles. The normalized spacial score (nSPS) is 10.4. The first-order valence-corrected chi connectivity index (χ1v) is 8.80. The fourth-order valence-corrected chi connectivity index (χ4v) is 2.13. The van der Waals surface area contributed by atoms with Crippen LogP contribution in [0.25, 0.3) is 0 Å². The first-order chi connectivity index (χ1) is 10.2. The van der Waals surface area contributed by atoms with Crippen molar-refractivity contribution in [2.75, 3.05) is 0 Å². The molecule has 0 saturated carbocycles. The van der Waals surface area contributed by atoms with E-state index in [0.717, 1.165) is 0 Å². The minimum Gasteiger partial charge on any atom is -0.0991 e. The summed E-state index contributed by atoms with van der Waals surface area (Å²) in [5.74, 6) is 0. The van der Waals surface area contributed by atoms with Gasteiger partial charge in [0.2, 0.25) is 0 Å². The number of hydrogen-bond acceptors (Lipinski definition) is 0. The molecule has 0 aromatic carbocycles. The Kier molecular flexibility index (Phi) is 20.1. The number of rotatable bonds is 11. The molecule has 0 amide bonds. The average molecular weight is 291 g/mol. The van der Waals surface area contributed by atoms with Crippen LogP contribution in [0.15, 0.2) is 48.6 Å². The van der Waals surface area contributed by atoms with Crippen molar-refractivity contribution in [3.05, 3.63) is 48.6 Å². The lowest BCUT2D eigenvalue weighted by molar-refractivity contribution is 0.713. The Labute approximate surface area is 134 Å². The van der Waals surface area contributed by atoms with Gasteiger partial charge in [0.05, 0.1) is 0 Å². The van der Waals surface area contributed by atoms with E-state index >= 15 is 0 Å². The highest BCUT2D eigenvalue weighted by atomic mass is 14.0. The summed E-state index contributed by atoms with van der Waals surface area (Å²) in [6.45, 7) is 16.3. The third-order valence-electron chi connectivity index (χ3n) is 3.44.